The summed E-state index contributed by atoms with van der Waals surface area (Å²) in [5.74, 6) is -3.22. The van der Waals surface area contributed by atoms with Gasteiger partial charge in [-0.05, 0) is 36.4 Å². The van der Waals surface area contributed by atoms with Crippen LogP contribution in [0.5, 0.6) is 23.0 Å². The zero-order valence-corrected chi connectivity index (χ0v) is 17.9. The minimum absolute atomic E-state index is 0.114. The van der Waals surface area contributed by atoms with Crippen LogP contribution in [0.4, 0.5) is 11.4 Å². The van der Waals surface area contributed by atoms with Crippen molar-refractivity contribution < 1.29 is 34.4 Å². The second kappa shape index (κ2) is 8.31. The normalized spacial score (nSPS) is 11.0. The summed E-state index contributed by atoms with van der Waals surface area (Å²) in [6.07, 6.45) is 0. The van der Waals surface area contributed by atoms with E-state index in [1.165, 1.54) is 36.4 Å². The molecule has 0 saturated carbocycles. The van der Waals surface area contributed by atoms with Gasteiger partial charge in [0.1, 0.15) is 0 Å². The van der Waals surface area contributed by atoms with Crippen molar-refractivity contribution in [3.8, 4) is 23.0 Å². The largest absolute Gasteiger partial charge is 0.504 e. The number of fused-ring (bicyclic) bond motifs is 3. The number of phenols is 4. The molecule has 5 rings (SSSR count). The quantitative estimate of drug-likeness (QED) is 0.204. The molecule has 0 spiro atoms. The lowest BCUT2D eigenvalue weighted by Crippen LogP contribution is -2.12. The zero-order valence-electron chi connectivity index (χ0n) is 17.9. The second-order valence-electron chi connectivity index (χ2n) is 7.72. The number of amides is 2. The molecule has 0 aliphatic heterocycles. The van der Waals surface area contributed by atoms with Gasteiger partial charge in [-0.25, -0.2) is 0 Å². The summed E-state index contributed by atoms with van der Waals surface area (Å²) in [5, 5.41) is 46.1. The molecular weight excluding hydrogens is 452 g/mol. The number of carbonyl (C=O) groups excluding carboxylic acids is 2. The smallest absolute Gasteiger partial charge is 0.259 e. The third-order valence-electron chi connectivity index (χ3n) is 5.54. The predicted octanol–water partition coefficient (Wildman–Crippen LogP) is 4.91. The van der Waals surface area contributed by atoms with Crippen LogP contribution in [0, 0.1) is 0 Å². The lowest BCUT2D eigenvalue weighted by atomic mass is 10.1. The molecule has 0 aliphatic carbocycles. The molecule has 174 valence electrons. The van der Waals surface area contributed by atoms with E-state index in [0.29, 0.717) is 33.3 Å². The van der Waals surface area contributed by atoms with Gasteiger partial charge in [0.25, 0.3) is 11.8 Å². The molecule has 35 heavy (non-hydrogen) atoms. The molecule has 0 radical (unpaired) electrons. The summed E-state index contributed by atoms with van der Waals surface area (Å²) in [5.41, 5.74) is 1.06. The molecule has 0 bridgehead atoms. The van der Waals surface area contributed by atoms with Gasteiger partial charge in [0.05, 0.1) is 22.5 Å². The van der Waals surface area contributed by atoms with Gasteiger partial charge in [-0.15, -0.1) is 0 Å². The third-order valence-corrected chi connectivity index (χ3v) is 5.54. The predicted molar refractivity (Wildman–Crippen MR) is 129 cm³/mol. The molecular formula is C26H18N2O7. The Balaban J connectivity index is 1.54. The molecule has 5 aromatic rings. The van der Waals surface area contributed by atoms with E-state index in [0.717, 1.165) is 0 Å². The Kier molecular flexibility index (Phi) is 5.14. The number of hydrogen-bond donors (Lipinski definition) is 6. The Morgan fingerprint density at radius 1 is 0.571 bits per heavy atom. The Bertz CT molecular complexity index is 1520. The second-order valence-corrected chi connectivity index (χ2v) is 7.72. The van der Waals surface area contributed by atoms with E-state index in [2.05, 4.69) is 10.6 Å². The van der Waals surface area contributed by atoms with Crippen LogP contribution in [0.15, 0.2) is 77.2 Å². The number of phenolic OH excluding ortho intramolecular Hbond substituents is 4. The van der Waals surface area contributed by atoms with Crippen LogP contribution < -0.4 is 10.6 Å². The average Bonchev–Trinajstić information content (AvgIpc) is 3.23. The maximum atomic E-state index is 12.7. The van der Waals surface area contributed by atoms with Crippen LogP contribution in [0.1, 0.15) is 20.7 Å². The van der Waals surface area contributed by atoms with E-state index in [1.807, 2.05) is 0 Å². The van der Waals surface area contributed by atoms with Gasteiger partial charge >= 0.3 is 0 Å². The molecule has 2 amide bonds. The summed E-state index contributed by atoms with van der Waals surface area (Å²) in [6, 6.07) is 18.4. The highest BCUT2D eigenvalue weighted by molar-refractivity contribution is 6.17. The Labute approximate surface area is 197 Å². The van der Waals surface area contributed by atoms with Gasteiger partial charge in [0, 0.05) is 10.8 Å². The number of benzene rings is 4. The summed E-state index contributed by atoms with van der Waals surface area (Å²) < 4.78 is 6.04. The summed E-state index contributed by atoms with van der Waals surface area (Å²) in [7, 11) is 0. The van der Waals surface area contributed by atoms with Crippen molar-refractivity contribution >= 4 is 45.1 Å². The van der Waals surface area contributed by atoms with Gasteiger partial charge in [-0.1, -0.05) is 36.4 Å². The number of carbonyl (C=O) groups is 2. The van der Waals surface area contributed by atoms with Crippen molar-refractivity contribution in [2.75, 3.05) is 10.6 Å². The monoisotopic (exact) mass is 470 g/mol. The lowest BCUT2D eigenvalue weighted by molar-refractivity contribution is 0.101. The maximum absolute atomic E-state index is 12.7. The molecule has 0 unspecified atom stereocenters. The van der Waals surface area contributed by atoms with E-state index in [1.54, 1.807) is 36.4 Å². The number of para-hydroxylation sites is 4. The number of nitrogens with one attached hydrogen (secondary N) is 2. The average molecular weight is 470 g/mol. The first-order valence-corrected chi connectivity index (χ1v) is 10.4. The first-order chi connectivity index (χ1) is 16.8. The van der Waals surface area contributed by atoms with Crippen molar-refractivity contribution in [2.24, 2.45) is 0 Å². The summed E-state index contributed by atoms with van der Waals surface area (Å²) in [4.78, 5) is 25.5. The number of furan rings is 1. The van der Waals surface area contributed by atoms with Crippen LogP contribution in [0.25, 0.3) is 21.9 Å². The van der Waals surface area contributed by atoms with Crippen LogP contribution in [-0.2, 0) is 0 Å². The van der Waals surface area contributed by atoms with Crippen LogP contribution >= 0.6 is 0 Å². The zero-order chi connectivity index (χ0) is 24.7. The molecule has 0 saturated heterocycles. The number of hydrogen-bond acceptors (Lipinski definition) is 7. The molecule has 9 nitrogen and oxygen atoms in total. The Morgan fingerprint density at radius 2 is 0.971 bits per heavy atom. The highest BCUT2D eigenvalue weighted by Crippen LogP contribution is 2.38. The number of anilines is 2. The fourth-order valence-corrected chi connectivity index (χ4v) is 3.83. The first-order valence-electron chi connectivity index (χ1n) is 10.4. The van der Waals surface area contributed by atoms with Gasteiger partial charge < -0.3 is 35.5 Å². The van der Waals surface area contributed by atoms with Gasteiger partial charge in [0.15, 0.2) is 34.2 Å². The van der Waals surface area contributed by atoms with Crippen molar-refractivity contribution in [2.45, 2.75) is 0 Å². The number of aromatic hydroxyl groups is 4. The first kappa shape index (κ1) is 21.7. The standard InChI is InChI=1S/C26H18N2O7/c29-19-11-3-7-15(21(19)31)25(33)27-17-9-1-5-13-14-6-2-10-18(24(14)35-23(13)17)28-26(34)16-8-4-12-20(30)22(16)32/h1-12,29-32H,(H,27,33)(H,28,34). The maximum Gasteiger partial charge on any atom is 0.259 e. The van der Waals surface area contributed by atoms with Crippen LogP contribution in [0.3, 0.4) is 0 Å². The highest BCUT2D eigenvalue weighted by Gasteiger charge is 2.20. The summed E-state index contributed by atoms with van der Waals surface area (Å²) >= 11 is 0. The van der Waals surface area contributed by atoms with E-state index < -0.39 is 34.8 Å². The minimum atomic E-state index is -0.653. The number of rotatable bonds is 4. The fraction of sp³-hybridized carbons (Fsp3) is 0. The SMILES string of the molecule is O=C(Nc1cccc2c1oc1c(NC(=O)c3cccc(O)c3O)cccc12)c1cccc(O)c1O. The molecule has 6 N–H and O–H groups in total. The van der Waals surface area contributed by atoms with E-state index in [4.69, 9.17) is 4.42 Å². The Morgan fingerprint density at radius 3 is 1.40 bits per heavy atom. The van der Waals surface area contributed by atoms with E-state index >= 15 is 0 Å². The van der Waals surface area contributed by atoms with E-state index in [-0.39, 0.29) is 11.1 Å². The van der Waals surface area contributed by atoms with Gasteiger partial charge in [-0.2, -0.15) is 0 Å². The van der Waals surface area contributed by atoms with Gasteiger partial charge in [-0.3, -0.25) is 9.59 Å². The molecule has 0 fully saturated rings. The molecule has 0 atom stereocenters. The Hall–Kier alpha value is -5.18. The van der Waals surface area contributed by atoms with Crippen LogP contribution in [-0.4, -0.2) is 32.2 Å². The molecule has 1 heterocycles. The van der Waals surface area contributed by atoms with Gasteiger partial charge in [0.2, 0.25) is 0 Å². The molecule has 4 aromatic carbocycles. The third kappa shape index (κ3) is 3.70. The minimum Gasteiger partial charge on any atom is -0.504 e. The van der Waals surface area contributed by atoms with E-state index in [9.17, 15) is 30.0 Å². The fourth-order valence-electron chi connectivity index (χ4n) is 3.83. The highest BCUT2D eigenvalue weighted by atomic mass is 16.3. The van der Waals surface area contributed by atoms with Crippen molar-refractivity contribution in [3.05, 3.63) is 83.9 Å². The van der Waals surface area contributed by atoms with Crippen molar-refractivity contribution in [1.82, 2.24) is 0 Å². The lowest BCUT2D eigenvalue weighted by Gasteiger charge is -2.08. The molecule has 0 aliphatic rings. The van der Waals surface area contributed by atoms with Crippen molar-refractivity contribution in [3.63, 3.8) is 0 Å². The molecule has 9 heteroatoms. The topological polar surface area (TPSA) is 152 Å². The van der Waals surface area contributed by atoms with Crippen molar-refractivity contribution in [1.29, 1.82) is 0 Å². The molecule has 1 aromatic heterocycles. The summed E-state index contributed by atoms with van der Waals surface area (Å²) in [6.45, 7) is 0. The van der Waals surface area contributed by atoms with Crippen LogP contribution in [0.2, 0.25) is 0 Å².